The fourth-order valence-electron chi connectivity index (χ4n) is 2.83. The summed E-state index contributed by atoms with van der Waals surface area (Å²) in [5.74, 6) is 5.56. The molecule has 1 unspecified atom stereocenters. The molecule has 0 aliphatic carbocycles. The lowest BCUT2D eigenvalue weighted by molar-refractivity contribution is 0.394. The van der Waals surface area contributed by atoms with Crippen LogP contribution in [-0.2, 0) is 13.0 Å². The molecule has 0 saturated carbocycles. The van der Waals surface area contributed by atoms with Crippen LogP contribution in [0.25, 0.3) is 0 Å². The molecule has 3 heteroatoms. The average Bonchev–Trinajstić information content (AvgIpc) is 2.73. The minimum Gasteiger partial charge on any atom is -0.334 e. The van der Waals surface area contributed by atoms with Crippen LogP contribution < -0.4 is 0 Å². The summed E-state index contributed by atoms with van der Waals surface area (Å²) in [5.41, 5.74) is 1.38. The van der Waals surface area contributed by atoms with Crippen molar-refractivity contribution in [3.05, 3.63) is 17.7 Å². The van der Waals surface area contributed by atoms with Crippen LogP contribution in [0.15, 0.2) is 6.20 Å². The predicted octanol–water partition coefficient (Wildman–Crippen LogP) is 3.08. The van der Waals surface area contributed by atoms with Crippen LogP contribution in [-0.4, -0.2) is 21.1 Å². The van der Waals surface area contributed by atoms with Crippen molar-refractivity contribution < 1.29 is 0 Å². The molecule has 0 spiro atoms. The van der Waals surface area contributed by atoms with E-state index in [4.69, 9.17) is 4.98 Å². The van der Waals surface area contributed by atoms with Crippen LogP contribution in [0, 0.1) is 5.92 Å². The monoisotopic (exact) mass is 236 g/mol. The van der Waals surface area contributed by atoms with Gasteiger partial charge in [-0.15, -0.1) is 0 Å². The Morgan fingerprint density at radius 3 is 2.94 bits per heavy atom. The Hall–Kier alpha value is -0.440. The van der Waals surface area contributed by atoms with Gasteiger partial charge in [0.1, 0.15) is 5.82 Å². The van der Waals surface area contributed by atoms with Crippen LogP contribution in [0.2, 0.25) is 0 Å². The number of aryl methyl sites for hydroxylation is 1. The summed E-state index contributed by atoms with van der Waals surface area (Å²) in [7, 11) is 0. The molecular weight excluding hydrogens is 216 g/mol. The topological polar surface area (TPSA) is 17.8 Å². The van der Waals surface area contributed by atoms with E-state index in [0.29, 0.717) is 0 Å². The molecule has 0 bridgehead atoms. The molecule has 1 aromatic rings. The van der Waals surface area contributed by atoms with Gasteiger partial charge in [0.05, 0.1) is 5.69 Å². The summed E-state index contributed by atoms with van der Waals surface area (Å²) in [5, 5.41) is 0. The number of imidazole rings is 1. The highest BCUT2D eigenvalue weighted by Crippen LogP contribution is 2.32. The van der Waals surface area contributed by atoms with Crippen molar-refractivity contribution in [3.63, 3.8) is 0 Å². The van der Waals surface area contributed by atoms with Gasteiger partial charge in [-0.1, -0.05) is 6.92 Å². The van der Waals surface area contributed by atoms with Crippen molar-refractivity contribution in [3.8, 4) is 0 Å². The van der Waals surface area contributed by atoms with Gasteiger partial charge in [0.25, 0.3) is 0 Å². The molecule has 2 nitrogen and oxygen atoms in total. The van der Waals surface area contributed by atoms with E-state index >= 15 is 0 Å². The van der Waals surface area contributed by atoms with Gasteiger partial charge in [-0.05, 0) is 36.7 Å². The van der Waals surface area contributed by atoms with E-state index in [9.17, 15) is 0 Å². The van der Waals surface area contributed by atoms with E-state index in [1.54, 1.807) is 0 Å². The third-order valence-electron chi connectivity index (χ3n) is 3.89. The van der Waals surface area contributed by atoms with Gasteiger partial charge in [-0.3, -0.25) is 0 Å². The summed E-state index contributed by atoms with van der Waals surface area (Å²) < 4.78 is 2.41. The van der Waals surface area contributed by atoms with Gasteiger partial charge in [0.2, 0.25) is 0 Å². The highest BCUT2D eigenvalue weighted by molar-refractivity contribution is 7.99. The van der Waals surface area contributed by atoms with Crippen molar-refractivity contribution >= 4 is 11.8 Å². The Balaban J connectivity index is 1.80. The van der Waals surface area contributed by atoms with Gasteiger partial charge < -0.3 is 4.57 Å². The van der Waals surface area contributed by atoms with E-state index in [0.717, 1.165) is 11.8 Å². The first-order valence-corrected chi connectivity index (χ1v) is 7.62. The van der Waals surface area contributed by atoms with E-state index in [1.807, 2.05) is 0 Å². The standard InChI is InChI=1S/C13H20N2S/c1-10-2-3-13-14-12(9-15(13)8-10)11-4-6-16-7-5-11/h9-11H,2-8H2,1H3. The predicted molar refractivity (Wildman–Crippen MR) is 69.0 cm³/mol. The second-order valence-corrected chi connectivity index (χ2v) is 6.49. The number of nitrogens with zero attached hydrogens (tertiary/aromatic N) is 2. The van der Waals surface area contributed by atoms with E-state index in [2.05, 4.69) is 29.4 Å². The quantitative estimate of drug-likeness (QED) is 0.746. The highest BCUT2D eigenvalue weighted by atomic mass is 32.2. The number of hydrogen-bond acceptors (Lipinski definition) is 2. The molecule has 0 amide bonds. The first-order valence-electron chi connectivity index (χ1n) is 6.46. The minimum absolute atomic E-state index is 0.745. The molecule has 0 aromatic carbocycles. The van der Waals surface area contributed by atoms with Crippen molar-refractivity contribution in [1.82, 2.24) is 9.55 Å². The van der Waals surface area contributed by atoms with Gasteiger partial charge in [-0.25, -0.2) is 4.98 Å². The lowest BCUT2D eigenvalue weighted by Crippen LogP contribution is -2.17. The van der Waals surface area contributed by atoms with Gasteiger partial charge in [0, 0.05) is 25.1 Å². The number of fused-ring (bicyclic) bond motifs is 1. The number of hydrogen-bond donors (Lipinski definition) is 0. The summed E-state index contributed by atoms with van der Waals surface area (Å²) in [6, 6.07) is 0. The maximum atomic E-state index is 4.86. The Kier molecular flexibility index (Phi) is 2.97. The van der Waals surface area contributed by atoms with Crippen LogP contribution in [0.5, 0.6) is 0 Å². The first-order chi connectivity index (χ1) is 7.83. The van der Waals surface area contributed by atoms with Crippen molar-refractivity contribution in [2.75, 3.05) is 11.5 Å². The summed E-state index contributed by atoms with van der Waals surface area (Å²) in [6.07, 6.45) is 7.50. The van der Waals surface area contributed by atoms with E-state index in [-0.39, 0.29) is 0 Å². The smallest absolute Gasteiger partial charge is 0.108 e. The third-order valence-corrected chi connectivity index (χ3v) is 4.94. The molecule has 0 N–H and O–H groups in total. The van der Waals surface area contributed by atoms with E-state index < -0.39 is 0 Å². The Morgan fingerprint density at radius 2 is 2.12 bits per heavy atom. The number of rotatable bonds is 1. The molecule has 1 saturated heterocycles. The van der Waals surface area contributed by atoms with Crippen LogP contribution >= 0.6 is 11.8 Å². The molecule has 2 aliphatic rings. The van der Waals surface area contributed by atoms with Gasteiger partial charge in [0.15, 0.2) is 0 Å². The molecule has 2 aliphatic heterocycles. The lowest BCUT2D eigenvalue weighted by atomic mass is 10.00. The second kappa shape index (κ2) is 4.44. The van der Waals surface area contributed by atoms with Gasteiger partial charge in [-0.2, -0.15) is 11.8 Å². The zero-order valence-corrected chi connectivity index (χ0v) is 10.8. The SMILES string of the molecule is CC1CCc2nc(C3CCSCC3)cn2C1. The molecule has 3 heterocycles. The summed E-state index contributed by atoms with van der Waals surface area (Å²) >= 11 is 2.09. The van der Waals surface area contributed by atoms with Crippen molar-refractivity contribution in [2.45, 2.75) is 45.1 Å². The third kappa shape index (κ3) is 2.02. The first kappa shape index (κ1) is 10.7. The average molecular weight is 236 g/mol. The Morgan fingerprint density at radius 1 is 1.31 bits per heavy atom. The number of aromatic nitrogens is 2. The van der Waals surface area contributed by atoms with Crippen molar-refractivity contribution in [1.29, 1.82) is 0 Å². The maximum absolute atomic E-state index is 4.86. The lowest BCUT2D eigenvalue weighted by Gasteiger charge is -2.19. The normalized spacial score (nSPS) is 26.7. The van der Waals surface area contributed by atoms with E-state index in [1.165, 1.54) is 55.3 Å². The maximum Gasteiger partial charge on any atom is 0.108 e. The fourth-order valence-corrected chi connectivity index (χ4v) is 3.93. The zero-order chi connectivity index (χ0) is 11.0. The molecule has 88 valence electrons. The molecule has 1 aromatic heterocycles. The Labute approximate surface area is 102 Å². The summed E-state index contributed by atoms with van der Waals surface area (Å²) in [6.45, 7) is 3.53. The minimum atomic E-state index is 0.745. The molecule has 16 heavy (non-hydrogen) atoms. The molecule has 0 radical (unpaired) electrons. The molecule has 3 rings (SSSR count). The molecule has 1 atom stereocenters. The zero-order valence-electron chi connectivity index (χ0n) is 9.98. The molecule has 1 fully saturated rings. The van der Waals surface area contributed by atoms with Crippen LogP contribution in [0.3, 0.4) is 0 Å². The van der Waals surface area contributed by atoms with Crippen molar-refractivity contribution in [2.24, 2.45) is 5.92 Å². The molecular formula is C13H20N2S. The van der Waals surface area contributed by atoms with Crippen LogP contribution in [0.1, 0.15) is 43.6 Å². The fraction of sp³-hybridized carbons (Fsp3) is 0.769. The summed E-state index contributed by atoms with van der Waals surface area (Å²) in [4.78, 5) is 4.86. The highest BCUT2D eigenvalue weighted by Gasteiger charge is 2.22. The number of thioether (sulfide) groups is 1. The largest absolute Gasteiger partial charge is 0.334 e. The Bertz CT molecular complexity index is 366. The van der Waals surface area contributed by atoms with Gasteiger partial charge >= 0.3 is 0 Å². The second-order valence-electron chi connectivity index (χ2n) is 5.26. The van der Waals surface area contributed by atoms with Crippen LogP contribution in [0.4, 0.5) is 0 Å².